The topological polar surface area (TPSA) is 65.8 Å². The van der Waals surface area contributed by atoms with E-state index in [-0.39, 0.29) is 0 Å². The Morgan fingerprint density at radius 1 is 1.30 bits per heavy atom. The van der Waals surface area contributed by atoms with E-state index in [0.29, 0.717) is 23.1 Å². The molecule has 0 unspecified atom stereocenters. The summed E-state index contributed by atoms with van der Waals surface area (Å²) in [6.07, 6.45) is 4.15. The van der Waals surface area contributed by atoms with Crippen molar-refractivity contribution in [3.05, 3.63) is 46.1 Å². The first-order valence-corrected chi connectivity index (χ1v) is 11.5. The van der Waals surface area contributed by atoms with Gasteiger partial charge in [0.05, 0.1) is 18.6 Å². The van der Waals surface area contributed by atoms with E-state index in [1.807, 2.05) is 12.1 Å². The Morgan fingerprint density at radius 2 is 2.17 bits per heavy atom. The second-order valence-electron chi connectivity index (χ2n) is 8.31. The van der Waals surface area contributed by atoms with Crippen LogP contribution in [-0.2, 0) is 24.1 Å². The van der Waals surface area contributed by atoms with Crippen LogP contribution >= 0.6 is 11.3 Å². The van der Waals surface area contributed by atoms with Gasteiger partial charge in [-0.15, -0.1) is 11.3 Å². The van der Waals surface area contributed by atoms with Gasteiger partial charge >= 0.3 is 0 Å². The van der Waals surface area contributed by atoms with Crippen molar-refractivity contribution in [2.45, 2.75) is 32.7 Å². The monoisotopic (exact) mass is 424 g/mol. The summed E-state index contributed by atoms with van der Waals surface area (Å²) in [4.78, 5) is 24.9. The molecule has 1 aliphatic carbocycles. The minimum absolute atomic E-state index is 0.594. The predicted molar refractivity (Wildman–Crippen MR) is 116 cm³/mol. The number of aryl methyl sites for hydroxylation is 1. The van der Waals surface area contributed by atoms with Crippen LogP contribution in [0.5, 0.6) is 11.6 Å². The Morgan fingerprint density at radius 3 is 3.00 bits per heavy atom. The second-order valence-corrected chi connectivity index (χ2v) is 9.39. The molecular formula is C23H26N3O3S+. The maximum atomic E-state index is 11.2. The molecule has 1 N–H and O–H groups in total. The number of thiophene rings is 1. The molecule has 0 spiro atoms. The smallest absolute Gasteiger partial charge is 0.231 e. The summed E-state index contributed by atoms with van der Waals surface area (Å²) in [5.41, 5.74) is 1.94. The fraction of sp³-hybridized carbons (Fsp3) is 0.435. The normalized spacial score (nSPS) is 19.6. The van der Waals surface area contributed by atoms with E-state index in [4.69, 9.17) is 19.4 Å². The van der Waals surface area contributed by atoms with Gasteiger partial charge in [0.1, 0.15) is 36.5 Å². The number of hydrogen-bond donors (Lipinski definition) is 1. The summed E-state index contributed by atoms with van der Waals surface area (Å²) in [5.74, 6) is 2.77. The van der Waals surface area contributed by atoms with Crippen molar-refractivity contribution < 1.29 is 19.2 Å². The van der Waals surface area contributed by atoms with Crippen LogP contribution in [0.4, 0.5) is 0 Å². The average Bonchev–Trinajstić information content (AvgIpc) is 3.12. The molecular weight excluding hydrogens is 398 g/mol. The highest BCUT2D eigenvalue weighted by Gasteiger charge is 2.26. The van der Waals surface area contributed by atoms with Crippen molar-refractivity contribution >= 4 is 27.8 Å². The Balaban J connectivity index is 1.56. The molecule has 156 valence electrons. The molecule has 30 heavy (non-hydrogen) atoms. The molecule has 5 rings (SSSR count). The highest BCUT2D eigenvalue weighted by Crippen LogP contribution is 2.41. The molecule has 6 nitrogen and oxygen atoms in total. The van der Waals surface area contributed by atoms with E-state index in [2.05, 4.69) is 6.92 Å². The largest absolute Gasteiger partial charge is 0.438 e. The van der Waals surface area contributed by atoms with Crippen molar-refractivity contribution in [3.63, 3.8) is 0 Å². The lowest BCUT2D eigenvalue weighted by Gasteiger charge is -2.23. The van der Waals surface area contributed by atoms with E-state index in [0.717, 1.165) is 68.0 Å². The molecule has 2 aliphatic rings. The molecule has 0 bridgehead atoms. The number of rotatable bonds is 5. The third kappa shape index (κ3) is 3.97. The number of aromatic nitrogens is 2. The molecule has 1 aliphatic heterocycles. The number of quaternary nitrogens is 1. The summed E-state index contributed by atoms with van der Waals surface area (Å²) in [7, 11) is 0. The highest BCUT2D eigenvalue weighted by molar-refractivity contribution is 7.18. The third-order valence-corrected chi connectivity index (χ3v) is 7.13. The van der Waals surface area contributed by atoms with Crippen molar-refractivity contribution in [2.24, 2.45) is 5.92 Å². The van der Waals surface area contributed by atoms with Gasteiger partial charge in [-0.25, -0.2) is 4.98 Å². The fourth-order valence-electron chi connectivity index (χ4n) is 4.33. The zero-order chi connectivity index (χ0) is 20.5. The van der Waals surface area contributed by atoms with Crippen LogP contribution in [0.25, 0.3) is 10.2 Å². The summed E-state index contributed by atoms with van der Waals surface area (Å²) in [6, 6.07) is 7.24. The van der Waals surface area contributed by atoms with Crippen molar-refractivity contribution in [3.8, 4) is 11.6 Å². The van der Waals surface area contributed by atoms with Crippen LogP contribution in [0.15, 0.2) is 24.3 Å². The Kier molecular flexibility index (Phi) is 5.50. The number of aldehydes is 1. The van der Waals surface area contributed by atoms with Crippen LogP contribution in [0, 0.1) is 5.92 Å². The van der Waals surface area contributed by atoms with E-state index >= 15 is 0 Å². The van der Waals surface area contributed by atoms with Crippen LogP contribution < -0.4 is 9.64 Å². The maximum absolute atomic E-state index is 11.2. The Labute approximate surface area is 179 Å². The van der Waals surface area contributed by atoms with Crippen LogP contribution in [-0.4, -0.2) is 42.6 Å². The number of carbonyl (C=O) groups is 1. The second kappa shape index (κ2) is 8.41. The first-order chi connectivity index (χ1) is 14.7. The minimum Gasteiger partial charge on any atom is -0.438 e. The van der Waals surface area contributed by atoms with Crippen molar-refractivity contribution in [2.75, 3.05) is 26.3 Å². The van der Waals surface area contributed by atoms with Gasteiger partial charge in [-0.2, -0.15) is 4.98 Å². The molecule has 7 heteroatoms. The van der Waals surface area contributed by atoms with Crippen LogP contribution in [0.1, 0.15) is 40.0 Å². The van der Waals surface area contributed by atoms with Crippen molar-refractivity contribution in [1.29, 1.82) is 0 Å². The molecule has 0 saturated carbocycles. The first-order valence-electron chi connectivity index (χ1n) is 10.6. The molecule has 0 radical (unpaired) electrons. The van der Waals surface area contributed by atoms with Gasteiger partial charge in [-0.05, 0) is 42.9 Å². The molecule has 1 atom stereocenters. The van der Waals surface area contributed by atoms with Gasteiger partial charge in [0, 0.05) is 10.4 Å². The molecule has 3 heterocycles. The Bertz CT molecular complexity index is 1070. The van der Waals surface area contributed by atoms with E-state index in [9.17, 15) is 4.79 Å². The molecule has 0 amide bonds. The van der Waals surface area contributed by atoms with Gasteiger partial charge in [-0.3, -0.25) is 4.79 Å². The van der Waals surface area contributed by atoms with Gasteiger partial charge in [0.2, 0.25) is 5.88 Å². The van der Waals surface area contributed by atoms with Gasteiger partial charge in [-0.1, -0.05) is 19.1 Å². The zero-order valence-corrected chi connectivity index (χ0v) is 18.0. The third-order valence-electron chi connectivity index (χ3n) is 5.98. The maximum Gasteiger partial charge on any atom is 0.231 e. The lowest BCUT2D eigenvalue weighted by atomic mass is 9.89. The summed E-state index contributed by atoms with van der Waals surface area (Å²) in [5, 5.41) is 1.05. The SMILES string of the molecule is C[C@@H]1CCc2c(sc3nc(C[NH+]4CCOCC4)nc(Oc4cccc(C=O)c4)c23)C1. The quantitative estimate of drug-likeness (QED) is 0.638. The minimum atomic E-state index is 0.594. The van der Waals surface area contributed by atoms with Gasteiger partial charge in [0.15, 0.2) is 5.82 Å². The number of morpholine rings is 1. The number of carbonyl (C=O) groups excluding carboxylic acids is 1. The highest BCUT2D eigenvalue weighted by atomic mass is 32.1. The van der Waals surface area contributed by atoms with E-state index < -0.39 is 0 Å². The molecule has 2 aromatic heterocycles. The first kappa shape index (κ1) is 19.6. The van der Waals surface area contributed by atoms with Crippen LogP contribution in [0.2, 0.25) is 0 Å². The molecule has 1 saturated heterocycles. The van der Waals surface area contributed by atoms with E-state index in [1.165, 1.54) is 21.8 Å². The number of nitrogens with zero attached hydrogens (tertiary/aromatic N) is 2. The fourth-order valence-corrected chi connectivity index (χ4v) is 5.72. The number of benzene rings is 1. The Hall–Kier alpha value is -2.35. The lowest BCUT2D eigenvalue weighted by molar-refractivity contribution is -0.922. The number of fused-ring (bicyclic) bond motifs is 3. The number of nitrogens with one attached hydrogen (secondary N) is 1. The molecule has 1 aromatic carbocycles. The number of ether oxygens (including phenoxy) is 2. The lowest BCUT2D eigenvalue weighted by Crippen LogP contribution is -3.12. The summed E-state index contributed by atoms with van der Waals surface area (Å²) < 4.78 is 11.8. The number of hydrogen-bond acceptors (Lipinski definition) is 6. The zero-order valence-electron chi connectivity index (χ0n) is 17.1. The van der Waals surface area contributed by atoms with Crippen LogP contribution in [0.3, 0.4) is 0 Å². The molecule has 1 fully saturated rings. The predicted octanol–water partition coefficient (Wildman–Crippen LogP) is 2.84. The summed E-state index contributed by atoms with van der Waals surface area (Å²) in [6.45, 7) is 6.58. The van der Waals surface area contributed by atoms with Gasteiger partial charge < -0.3 is 14.4 Å². The average molecular weight is 425 g/mol. The molecule has 3 aromatic rings. The van der Waals surface area contributed by atoms with E-state index in [1.54, 1.807) is 23.5 Å². The standard InChI is InChI=1S/C23H25N3O3S/c1-15-5-6-18-19(11-15)30-23-21(18)22(29-17-4-2-3-16(12-17)14-27)24-20(25-23)13-26-7-9-28-10-8-26/h2-4,12,14-15H,5-11,13H2,1H3/p+1/t15-/m1/s1. The van der Waals surface area contributed by atoms with Gasteiger partial charge in [0.25, 0.3) is 0 Å². The van der Waals surface area contributed by atoms with Crippen molar-refractivity contribution in [1.82, 2.24) is 9.97 Å². The summed E-state index contributed by atoms with van der Waals surface area (Å²) >= 11 is 1.79.